The SMILES string of the molecule is Cc1cc(B(Oc2cccc3cccnc23)c2ccc(Cl)c(C)c2)ccc1Cl. The second-order valence-corrected chi connectivity index (χ2v) is 7.66. The number of pyridine rings is 1. The van der Waals surface area contributed by atoms with Gasteiger partial charge in [0.05, 0.1) is 0 Å². The van der Waals surface area contributed by atoms with Crippen LogP contribution in [0.1, 0.15) is 11.1 Å². The first-order valence-electron chi connectivity index (χ1n) is 9.05. The Labute approximate surface area is 175 Å². The zero-order chi connectivity index (χ0) is 19.7. The number of aromatic nitrogens is 1. The molecule has 0 aliphatic carbocycles. The summed E-state index contributed by atoms with van der Waals surface area (Å²) in [5.74, 6) is 0.739. The van der Waals surface area contributed by atoms with Gasteiger partial charge in [0.25, 0.3) is 0 Å². The molecule has 0 bridgehead atoms. The molecule has 2 nitrogen and oxygen atoms in total. The van der Waals surface area contributed by atoms with E-state index in [1.54, 1.807) is 6.20 Å². The molecule has 138 valence electrons. The maximum absolute atomic E-state index is 6.54. The molecule has 28 heavy (non-hydrogen) atoms. The highest BCUT2D eigenvalue weighted by atomic mass is 35.5. The van der Waals surface area contributed by atoms with Gasteiger partial charge >= 0.3 is 6.92 Å². The quantitative estimate of drug-likeness (QED) is 0.427. The van der Waals surface area contributed by atoms with Crippen LogP contribution < -0.4 is 15.6 Å². The van der Waals surface area contributed by atoms with Crippen LogP contribution in [-0.4, -0.2) is 11.9 Å². The van der Waals surface area contributed by atoms with Gasteiger partial charge in [-0.2, -0.15) is 0 Å². The molecule has 0 aliphatic heterocycles. The standard InChI is InChI=1S/C23H18BCl2NO/c1-15-13-18(8-10-20(15)25)24(19-9-11-21(26)16(2)14-19)28-22-7-3-5-17-6-4-12-27-23(17)22/h3-14H,1-2H3. The molecule has 1 aromatic heterocycles. The number of hydrogen-bond acceptors (Lipinski definition) is 2. The minimum atomic E-state index is -0.306. The summed E-state index contributed by atoms with van der Waals surface area (Å²) in [5.41, 5.74) is 4.91. The van der Waals surface area contributed by atoms with Crippen LogP contribution in [0.3, 0.4) is 0 Å². The molecule has 1 heterocycles. The van der Waals surface area contributed by atoms with Crippen molar-refractivity contribution in [3.05, 3.63) is 94.1 Å². The van der Waals surface area contributed by atoms with Crippen LogP contribution >= 0.6 is 23.2 Å². The highest BCUT2D eigenvalue weighted by molar-refractivity contribution is 6.80. The van der Waals surface area contributed by atoms with Crippen molar-refractivity contribution < 1.29 is 4.65 Å². The van der Waals surface area contributed by atoms with Crippen molar-refractivity contribution in [2.45, 2.75) is 13.8 Å². The largest absolute Gasteiger partial charge is 0.550 e. The summed E-state index contributed by atoms with van der Waals surface area (Å²) in [6, 6.07) is 21.9. The molecule has 4 rings (SSSR count). The fourth-order valence-electron chi connectivity index (χ4n) is 3.29. The van der Waals surface area contributed by atoms with Gasteiger partial charge < -0.3 is 4.65 Å². The van der Waals surface area contributed by atoms with Crippen LogP contribution in [0.15, 0.2) is 72.9 Å². The smallest absolute Gasteiger partial charge is 0.426 e. The van der Waals surface area contributed by atoms with Crippen LogP contribution in [0.2, 0.25) is 10.0 Å². The van der Waals surface area contributed by atoms with Crippen molar-refractivity contribution >= 4 is 51.9 Å². The van der Waals surface area contributed by atoms with Crippen molar-refractivity contribution in [3.8, 4) is 5.75 Å². The molecule has 0 N–H and O–H groups in total. The third-order valence-electron chi connectivity index (χ3n) is 4.81. The Morgan fingerprint density at radius 1 is 0.786 bits per heavy atom. The lowest BCUT2D eigenvalue weighted by Gasteiger charge is -2.19. The van der Waals surface area contributed by atoms with E-state index < -0.39 is 0 Å². The molecule has 0 saturated carbocycles. The summed E-state index contributed by atoms with van der Waals surface area (Å²) in [6.07, 6.45) is 1.78. The van der Waals surface area contributed by atoms with Crippen molar-refractivity contribution in [2.75, 3.05) is 0 Å². The zero-order valence-electron chi connectivity index (χ0n) is 15.6. The average molecular weight is 406 g/mol. The number of benzene rings is 3. The molecule has 3 aromatic carbocycles. The second kappa shape index (κ2) is 7.87. The van der Waals surface area contributed by atoms with Gasteiger partial charge in [-0.3, -0.25) is 4.98 Å². The normalized spacial score (nSPS) is 10.9. The van der Waals surface area contributed by atoms with Crippen LogP contribution in [0.25, 0.3) is 10.9 Å². The maximum atomic E-state index is 6.54. The first kappa shape index (κ1) is 18.9. The molecule has 0 spiro atoms. The molecule has 4 aromatic rings. The van der Waals surface area contributed by atoms with Crippen LogP contribution in [0.5, 0.6) is 5.75 Å². The Bertz CT molecular complexity index is 1110. The molecule has 0 saturated heterocycles. The predicted molar refractivity (Wildman–Crippen MR) is 120 cm³/mol. The van der Waals surface area contributed by atoms with Crippen molar-refractivity contribution in [2.24, 2.45) is 0 Å². The summed E-state index contributed by atoms with van der Waals surface area (Å²) in [4.78, 5) is 4.52. The lowest BCUT2D eigenvalue weighted by molar-refractivity contribution is 0.597. The van der Waals surface area contributed by atoms with Crippen molar-refractivity contribution in [3.63, 3.8) is 0 Å². The summed E-state index contributed by atoms with van der Waals surface area (Å²) in [5, 5.41) is 2.52. The van der Waals surface area contributed by atoms with Gasteiger partial charge in [-0.25, -0.2) is 0 Å². The molecular formula is C23H18BCl2NO. The van der Waals surface area contributed by atoms with Gasteiger partial charge in [-0.1, -0.05) is 65.7 Å². The van der Waals surface area contributed by atoms with E-state index in [1.165, 1.54) is 0 Å². The van der Waals surface area contributed by atoms with Gasteiger partial charge in [0.2, 0.25) is 0 Å². The van der Waals surface area contributed by atoms with Gasteiger partial charge in [0.1, 0.15) is 11.3 Å². The molecule has 0 radical (unpaired) electrons. The van der Waals surface area contributed by atoms with Crippen molar-refractivity contribution in [1.82, 2.24) is 4.98 Å². The van der Waals surface area contributed by atoms with Crippen molar-refractivity contribution in [1.29, 1.82) is 0 Å². The van der Waals surface area contributed by atoms with E-state index in [2.05, 4.69) is 17.1 Å². The molecule has 0 aliphatic rings. The highest BCUT2D eigenvalue weighted by Crippen LogP contribution is 2.24. The molecule has 5 heteroatoms. The summed E-state index contributed by atoms with van der Waals surface area (Å²) < 4.78 is 6.54. The number of para-hydroxylation sites is 1. The maximum Gasteiger partial charge on any atom is 0.426 e. The third-order valence-corrected chi connectivity index (χ3v) is 5.66. The number of fused-ring (bicyclic) bond motifs is 1. The second-order valence-electron chi connectivity index (χ2n) is 6.85. The number of aryl methyl sites for hydroxylation is 2. The monoisotopic (exact) mass is 405 g/mol. The molecule has 0 atom stereocenters. The van der Waals surface area contributed by atoms with Crippen LogP contribution in [0, 0.1) is 13.8 Å². The van der Waals surface area contributed by atoms with Gasteiger partial charge in [-0.05, 0) is 60.2 Å². The van der Waals surface area contributed by atoms with E-state index in [1.807, 2.05) is 68.4 Å². The summed E-state index contributed by atoms with van der Waals surface area (Å²) in [7, 11) is 0. The predicted octanol–water partition coefficient (Wildman–Crippen LogP) is 5.34. The minimum Gasteiger partial charge on any atom is -0.550 e. The Morgan fingerprint density at radius 2 is 1.39 bits per heavy atom. The minimum absolute atomic E-state index is 0.306. The van der Waals surface area contributed by atoms with E-state index in [9.17, 15) is 0 Å². The lowest BCUT2D eigenvalue weighted by Crippen LogP contribution is -2.47. The number of rotatable bonds is 4. The third kappa shape index (κ3) is 3.73. The molecule has 0 fully saturated rings. The topological polar surface area (TPSA) is 22.1 Å². The first-order chi connectivity index (χ1) is 13.5. The van der Waals surface area contributed by atoms with Gasteiger partial charge in [-0.15, -0.1) is 0 Å². The van der Waals surface area contributed by atoms with E-state index in [-0.39, 0.29) is 6.92 Å². The van der Waals surface area contributed by atoms with Gasteiger partial charge in [0.15, 0.2) is 0 Å². The first-order valence-corrected chi connectivity index (χ1v) is 9.81. The Morgan fingerprint density at radius 3 is 2.00 bits per heavy atom. The summed E-state index contributed by atoms with van der Waals surface area (Å²) in [6.45, 7) is 3.69. The molecular weight excluding hydrogens is 388 g/mol. The zero-order valence-corrected chi connectivity index (χ0v) is 17.1. The number of halogens is 2. The highest BCUT2D eigenvalue weighted by Gasteiger charge is 2.25. The Kier molecular flexibility index (Phi) is 5.30. The lowest BCUT2D eigenvalue weighted by atomic mass is 9.55. The summed E-state index contributed by atoms with van der Waals surface area (Å²) >= 11 is 12.5. The van der Waals surface area contributed by atoms with Crippen LogP contribution in [-0.2, 0) is 0 Å². The Balaban J connectivity index is 1.84. The average Bonchev–Trinajstić information content (AvgIpc) is 2.70. The van der Waals surface area contributed by atoms with E-state index in [0.29, 0.717) is 0 Å². The fraction of sp³-hybridized carbons (Fsp3) is 0.0870. The Hall–Kier alpha value is -2.49. The van der Waals surface area contributed by atoms with Gasteiger partial charge in [0, 0.05) is 21.6 Å². The molecule has 0 unspecified atom stereocenters. The van der Waals surface area contributed by atoms with E-state index in [0.717, 1.165) is 48.8 Å². The molecule has 0 amide bonds. The van der Waals surface area contributed by atoms with E-state index >= 15 is 0 Å². The van der Waals surface area contributed by atoms with E-state index in [4.69, 9.17) is 27.9 Å². The fourth-order valence-corrected chi connectivity index (χ4v) is 3.52. The number of hydrogen-bond donors (Lipinski definition) is 0. The number of nitrogens with zero attached hydrogens (tertiary/aromatic N) is 1. The van der Waals surface area contributed by atoms with Crippen LogP contribution in [0.4, 0.5) is 0 Å².